The minimum absolute atomic E-state index is 0.00667. The van der Waals surface area contributed by atoms with Gasteiger partial charge in [0.2, 0.25) is 23.6 Å². The number of nitrogens with two attached hydrogens (primary N) is 1. The van der Waals surface area contributed by atoms with Crippen LogP contribution in [-0.2, 0) is 52.5 Å². The smallest absolute Gasteiger partial charge is 0.323 e. The molecule has 0 aromatic carbocycles. The lowest BCUT2D eigenvalue weighted by atomic mass is 10.0. The van der Waals surface area contributed by atoms with Crippen LogP contribution in [0.5, 0.6) is 0 Å². The summed E-state index contributed by atoms with van der Waals surface area (Å²) >= 11 is 0. The second kappa shape index (κ2) is 38.6. The van der Waals surface area contributed by atoms with Crippen molar-refractivity contribution in [2.45, 2.75) is 122 Å². The minimum Gasteiger partial charge on any atom is -0.481 e. The lowest BCUT2D eigenvalue weighted by Gasteiger charge is -2.20. The van der Waals surface area contributed by atoms with Crippen LogP contribution in [0.15, 0.2) is 0 Å². The van der Waals surface area contributed by atoms with E-state index in [4.69, 9.17) is 34.9 Å². The fourth-order valence-electron chi connectivity index (χ4n) is 5.50. The topological polar surface area (TPSA) is 282 Å². The van der Waals surface area contributed by atoms with Crippen molar-refractivity contribution in [3.63, 3.8) is 0 Å². The minimum atomic E-state index is -1.14. The van der Waals surface area contributed by atoms with Gasteiger partial charge in [-0.2, -0.15) is 0 Å². The molecule has 336 valence electrons. The number of carboxylic acids is 3. The highest BCUT2D eigenvalue weighted by atomic mass is 16.5. The summed E-state index contributed by atoms with van der Waals surface area (Å²) in [5.41, 5.74) is 5.42. The van der Waals surface area contributed by atoms with Crippen LogP contribution in [0.2, 0.25) is 0 Å². The van der Waals surface area contributed by atoms with Crippen molar-refractivity contribution < 1.29 is 67.8 Å². The zero-order valence-electron chi connectivity index (χ0n) is 34.4. The van der Waals surface area contributed by atoms with Gasteiger partial charge in [-0.1, -0.05) is 64.2 Å². The lowest BCUT2D eigenvalue weighted by Crippen LogP contribution is -2.39. The molecular weight excluding hydrogens is 762 g/mol. The third-order valence-corrected chi connectivity index (χ3v) is 8.75. The van der Waals surface area contributed by atoms with Crippen molar-refractivity contribution in [1.29, 1.82) is 0 Å². The zero-order chi connectivity index (χ0) is 43.1. The van der Waals surface area contributed by atoms with Gasteiger partial charge in [0.05, 0.1) is 39.6 Å². The first kappa shape index (κ1) is 54.1. The Labute approximate surface area is 342 Å². The van der Waals surface area contributed by atoms with Gasteiger partial charge in [-0.15, -0.1) is 0 Å². The highest BCUT2D eigenvalue weighted by Gasteiger charge is 2.18. The summed E-state index contributed by atoms with van der Waals surface area (Å²) in [6.07, 6.45) is 14.2. The molecule has 0 heterocycles. The van der Waals surface area contributed by atoms with Gasteiger partial charge in [0.25, 0.3) is 0 Å². The molecule has 0 saturated heterocycles. The van der Waals surface area contributed by atoms with Crippen molar-refractivity contribution in [2.24, 2.45) is 5.73 Å². The van der Waals surface area contributed by atoms with Crippen molar-refractivity contribution in [3.05, 3.63) is 0 Å². The van der Waals surface area contributed by atoms with Crippen LogP contribution < -0.4 is 21.7 Å². The normalized spacial score (nSPS) is 11.5. The number of aliphatic carboxylic acids is 3. The summed E-state index contributed by atoms with van der Waals surface area (Å²) in [5, 5.41) is 34.6. The number of nitrogens with one attached hydrogen (secondary N) is 3. The molecule has 0 aliphatic carbocycles. The number of nitrogens with zero attached hydrogens (tertiary/aromatic N) is 1. The molecule has 58 heavy (non-hydrogen) atoms. The number of carbonyl (C=O) groups is 7. The third kappa shape index (κ3) is 37.7. The van der Waals surface area contributed by atoms with Crippen LogP contribution in [0.25, 0.3) is 0 Å². The first-order chi connectivity index (χ1) is 27.9. The van der Waals surface area contributed by atoms with E-state index in [1.807, 2.05) is 0 Å². The van der Waals surface area contributed by atoms with Crippen molar-refractivity contribution >= 4 is 41.5 Å². The number of ether oxygens (including phenoxy) is 4. The molecule has 19 nitrogen and oxygen atoms in total. The van der Waals surface area contributed by atoms with E-state index in [2.05, 4.69) is 16.0 Å². The summed E-state index contributed by atoms with van der Waals surface area (Å²) in [4.78, 5) is 82.2. The third-order valence-electron chi connectivity index (χ3n) is 8.75. The van der Waals surface area contributed by atoms with Gasteiger partial charge in [0.15, 0.2) is 0 Å². The Bertz CT molecular complexity index is 1150. The van der Waals surface area contributed by atoms with Gasteiger partial charge in [-0.05, 0) is 32.1 Å². The molecule has 0 aromatic heterocycles. The van der Waals surface area contributed by atoms with Gasteiger partial charge in [-0.3, -0.25) is 33.6 Å². The molecule has 0 spiro atoms. The summed E-state index contributed by atoms with van der Waals surface area (Å²) < 4.78 is 21.2. The molecule has 0 rings (SSSR count). The predicted molar refractivity (Wildman–Crippen MR) is 213 cm³/mol. The van der Waals surface area contributed by atoms with E-state index in [1.54, 1.807) is 0 Å². The van der Waals surface area contributed by atoms with E-state index in [-0.39, 0.29) is 115 Å². The Hall–Kier alpha value is -3.91. The number of rotatable bonds is 42. The molecule has 0 saturated carbocycles. The second-order valence-electron chi connectivity index (χ2n) is 13.9. The van der Waals surface area contributed by atoms with Crippen LogP contribution >= 0.6 is 0 Å². The van der Waals surface area contributed by atoms with Crippen LogP contribution in [0.1, 0.15) is 116 Å². The number of unbranched alkanes of at least 4 members (excludes halogenated alkanes) is 12. The molecule has 0 aliphatic rings. The SMILES string of the molecule is N[C@@H](CCCCNC(=O)COCCOCCNC(=O)COCCOCCNC(=O)CCN(CC(=O)O)C(=O)CCCCCCCCCCCCCCC(=O)O)C(=O)O. The highest BCUT2D eigenvalue weighted by molar-refractivity contribution is 5.82. The van der Waals surface area contributed by atoms with Gasteiger partial charge < -0.3 is 60.9 Å². The van der Waals surface area contributed by atoms with E-state index in [1.165, 1.54) is 17.7 Å². The zero-order valence-corrected chi connectivity index (χ0v) is 34.4. The number of carboxylic acid groups (broad SMARTS) is 3. The molecular formula is C39H71N5O14. The number of hydrogen-bond donors (Lipinski definition) is 7. The number of carbonyl (C=O) groups excluding carboxylic acids is 4. The summed E-state index contributed by atoms with van der Waals surface area (Å²) in [6.45, 7) is 1.36. The van der Waals surface area contributed by atoms with Crippen LogP contribution in [0.3, 0.4) is 0 Å². The Morgan fingerprint density at radius 2 is 0.931 bits per heavy atom. The predicted octanol–water partition coefficient (Wildman–Crippen LogP) is 1.83. The molecule has 0 radical (unpaired) electrons. The van der Waals surface area contributed by atoms with E-state index < -0.39 is 30.5 Å². The van der Waals surface area contributed by atoms with Crippen molar-refractivity contribution in [1.82, 2.24) is 20.9 Å². The molecule has 0 unspecified atom stereocenters. The molecule has 8 N–H and O–H groups in total. The largest absolute Gasteiger partial charge is 0.481 e. The van der Waals surface area contributed by atoms with E-state index in [0.29, 0.717) is 32.2 Å². The van der Waals surface area contributed by atoms with E-state index in [9.17, 15) is 38.7 Å². The molecule has 19 heteroatoms. The molecule has 0 fully saturated rings. The fourth-order valence-corrected chi connectivity index (χ4v) is 5.50. The van der Waals surface area contributed by atoms with Gasteiger partial charge >= 0.3 is 17.9 Å². The first-order valence-corrected chi connectivity index (χ1v) is 20.7. The monoisotopic (exact) mass is 833 g/mol. The second-order valence-corrected chi connectivity index (χ2v) is 13.9. The Morgan fingerprint density at radius 3 is 1.41 bits per heavy atom. The first-order valence-electron chi connectivity index (χ1n) is 20.7. The summed E-state index contributed by atoms with van der Waals surface area (Å²) in [6, 6.07) is -0.896. The average Bonchev–Trinajstić information content (AvgIpc) is 3.17. The fraction of sp³-hybridized carbons (Fsp3) is 0.821. The standard InChI is InChI=1S/C39H71N5O14/c40-32(39(53)54)15-13-14-19-41-34(46)30-57-27-26-56-24-21-43-35(47)31-58-28-25-55-23-20-42-33(45)18-22-44(29-38(51)52)36(48)16-11-9-7-5-3-1-2-4-6-8-10-12-17-37(49)50/h32H,1-31,40H2,(H,41,46)(H,42,45)(H,43,47)(H,49,50)(H,51,52)(H,53,54)/t32-/m0/s1. The van der Waals surface area contributed by atoms with Crippen LogP contribution in [-0.4, -0.2) is 153 Å². The molecule has 4 amide bonds. The van der Waals surface area contributed by atoms with Crippen molar-refractivity contribution in [3.8, 4) is 0 Å². The summed E-state index contributed by atoms with van der Waals surface area (Å²) in [7, 11) is 0. The average molecular weight is 834 g/mol. The van der Waals surface area contributed by atoms with Gasteiger partial charge in [0, 0.05) is 45.4 Å². The van der Waals surface area contributed by atoms with Gasteiger partial charge in [0.1, 0.15) is 25.8 Å². The van der Waals surface area contributed by atoms with Crippen LogP contribution in [0.4, 0.5) is 0 Å². The molecule has 0 aliphatic heterocycles. The Balaban J connectivity index is 3.73. The summed E-state index contributed by atoms with van der Waals surface area (Å²) in [5.74, 6) is -4.14. The molecule has 0 aromatic rings. The highest BCUT2D eigenvalue weighted by Crippen LogP contribution is 2.13. The van der Waals surface area contributed by atoms with E-state index >= 15 is 0 Å². The number of hydrogen-bond acceptors (Lipinski definition) is 12. The Morgan fingerprint density at radius 1 is 0.483 bits per heavy atom. The van der Waals surface area contributed by atoms with E-state index in [0.717, 1.165) is 57.8 Å². The van der Waals surface area contributed by atoms with Crippen molar-refractivity contribution in [2.75, 3.05) is 85.6 Å². The quantitative estimate of drug-likeness (QED) is 0.0432. The molecule has 1 atom stereocenters. The lowest BCUT2D eigenvalue weighted by molar-refractivity contribution is -0.145. The van der Waals surface area contributed by atoms with Crippen LogP contribution in [0, 0.1) is 0 Å². The number of amides is 4. The Kier molecular flexibility index (Phi) is 36.0. The maximum atomic E-state index is 12.7. The van der Waals surface area contributed by atoms with Gasteiger partial charge in [-0.25, -0.2) is 0 Å². The maximum Gasteiger partial charge on any atom is 0.323 e. The maximum absolute atomic E-state index is 12.7. The molecule has 0 bridgehead atoms.